The second-order valence-corrected chi connectivity index (χ2v) is 5.94. The topological polar surface area (TPSA) is 36.9 Å². The van der Waals surface area contributed by atoms with Gasteiger partial charge in [-0.15, -0.1) is 0 Å². The van der Waals surface area contributed by atoms with Gasteiger partial charge in [0.2, 0.25) is 6.79 Å². The average molecular weight is 328 g/mol. The largest absolute Gasteiger partial charge is 0.496 e. The lowest BCUT2D eigenvalue weighted by Gasteiger charge is -2.17. The number of rotatable bonds is 7. The second-order valence-electron chi connectivity index (χ2n) is 5.94. The number of hydrogen-bond donors (Lipinski definition) is 0. The fourth-order valence-corrected chi connectivity index (χ4v) is 2.82. The Morgan fingerprint density at radius 3 is 2.46 bits per heavy atom. The Balaban J connectivity index is 1.80. The van der Waals surface area contributed by atoms with Gasteiger partial charge in [0.15, 0.2) is 11.5 Å². The summed E-state index contributed by atoms with van der Waals surface area (Å²) < 4.78 is 22.2. The van der Waals surface area contributed by atoms with Crippen LogP contribution in [-0.2, 0) is 0 Å². The molecule has 4 nitrogen and oxygen atoms in total. The predicted molar refractivity (Wildman–Crippen MR) is 93.5 cm³/mol. The highest BCUT2D eigenvalue weighted by Crippen LogP contribution is 2.42. The Bertz CT molecular complexity index is 679. The van der Waals surface area contributed by atoms with Gasteiger partial charge in [-0.05, 0) is 30.2 Å². The first-order valence-electron chi connectivity index (χ1n) is 8.43. The van der Waals surface area contributed by atoms with Gasteiger partial charge in [-0.25, -0.2) is 0 Å². The highest BCUT2D eigenvalue weighted by molar-refractivity contribution is 5.54. The van der Waals surface area contributed by atoms with E-state index >= 15 is 0 Å². The van der Waals surface area contributed by atoms with Crippen LogP contribution in [-0.4, -0.2) is 20.5 Å². The Morgan fingerprint density at radius 1 is 1.08 bits per heavy atom. The molecule has 0 N–H and O–H groups in total. The van der Waals surface area contributed by atoms with Crippen molar-refractivity contribution in [2.24, 2.45) is 0 Å². The van der Waals surface area contributed by atoms with Gasteiger partial charge in [0.05, 0.1) is 13.7 Å². The van der Waals surface area contributed by atoms with Crippen molar-refractivity contribution in [1.82, 2.24) is 0 Å². The number of hydrogen-bond acceptors (Lipinski definition) is 4. The Morgan fingerprint density at radius 2 is 1.79 bits per heavy atom. The van der Waals surface area contributed by atoms with Crippen molar-refractivity contribution >= 4 is 0 Å². The summed E-state index contributed by atoms with van der Waals surface area (Å²) in [6, 6.07) is 12.2. The van der Waals surface area contributed by atoms with Crippen molar-refractivity contribution in [3.8, 4) is 23.0 Å². The van der Waals surface area contributed by atoms with Crippen molar-refractivity contribution in [3.05, 3.63) is 47.5 Å². The van der Waals surface area contributed by atoms with Gasteiger partial charge in [0.25, 0.3) is 0 Å². The first kappa shape index (κ1) is 16.5. The molecule has 2 aromatic carbocycles. The van der Waals surface area contributed by atoms with Gasteiger partial charge in [-0.2, -0.15) is 0 Å². The van der Waals surface area contributed by atoms with Gasteiger partial charge >= 0.3 is 0 Å². The van der Waals surface area contributed by atoms with Crippen LogP contribution in [0.5, 0.6) is 23.0 Å². The van der Waals surface area contributed by atoms with Crippen LogP contribution in [0.2, 0.25) is 0 Å². The minimum atomic E-state index is 0.180. The van der Waals surface area contributed by atoms with Crippen molar-refractivity contribution < 1.29 is 18.9 Å². The van der Waals surface area contributed by atoms with E-state index in [0.717, 1.165) is 48.0 Å². The maximum absolute atomic E-state index is 5.73. The van der Waals surface area contributed by atoms with E-state index < -0.39 is 0 Å². The zero-order valence-corrected chi connectivity index (χ0v) is 14.5. The zero-order chi connectivity index (χ0) is 16.9. The van der Waals surface area contributed by atoms with E-state index in [-0.39, 0.29) is 12.7 Å². The number of ether oxygens (including phenoxy) is 4. The van der Waals surface area contributed by atoms with Crippen LogP contribution in [0.3, 0.4) is 0 Å². The minimum Gasteiger partial charge on any atom is -0.496 e. The third-order valence-corrected chi connectivity index (χ3v) is 4.34. The molecule has 0 bridgehead atoms. The van der Waals surface area contributed by atoms with E-state index in [4.69, 9.17) is 18.9 Å². The van der Waals surface area contributed by atoms with Gasteiger partial charge in [0.1, 0.15) is 11.5 Å². The molecule has 0 aliphatic carbocycles. The van der Waals surface area contributed by atoms with Crippen LogP contribution < -0.4 is 18.9 Å². The highest BCUT2D eigenvalue weighted by atomic mass is 16.7. The smallest absolute Gasteiger partial charge is 0.231 e. The third-order valence-electron chi connectivity index (χ3n) is 4.34. The Hall–Kier alpha value is -2.36. The normalized spacial score (nSPS) is 13.6. The first-order valence-corrected chi connectivity index (χ1v) is 8.43. The molecule has 0 fully saturated rings. The molecule has 0 saturated heterocycles. The molecule has 128 valence electrons. The van der Waals surface area contributed by atoms with E-state index in [1.807, 2.05) is 24.3 Å². The molecule has 0 radical (unpaired) electrons. The molecule has 0 unspecified atom stereocenters. The van der Waals surface area contributed by atoms with Crippen LogP contribution in [0.1, 0.15) is 43.7 Å². The van der Waals surface area contributed by atoms with Crippen LogP contribution in [0.25, 0.3) is 0 Å². The van der Waals surface area contributed by atoms with Gasteiger partial charge in [-0.1, -0.05) is 32.4 Å². The Labute approximate surface area is 143 Å². The van der Waals surface area contributed by atoms with Crippen LogP contribution in [0.4, 0.5) is 0 Å². The fraction of sp³-hybridized carbons (Fsp3) is 0.400. The molecule has 1 atom stereocenters. The number of methoxy groups -OCH3 is 1. The number of fused-ring (bicyclic) bond motifs is 1. The van der Waals surface area contributed by atoms with Gasteiger partial charge in [0, 0.05) is 17.5 Å². The maximum Gasteiger partial charge on any atom is 0.231 e. The summed E-state index contributed by atoms with van der Waals surface area (Å²) in [6.07, 6.45) is 2.21. The van der Waals surface area contributed by atoms with E-state index in [9.17, 15) is 0 Å². The molecule has 1 heterocycles. The summed E-state index contributed by atoms with van der Waals surface area (Å²) in [5.41, 5.74) is 2.29. The molecule has 3 rings (SSSR count). The summed E-state index contributed by atoms with van der Waals surface area (Å²) in [5, 5.41) is 0. The summed E-state index contributed by atoms with van der Waals surface area (Å²) >= 11 is 0. The SMILES string of the molecule is CCCCOc1ccc([C@@H](C)c2cc3c(cc2OC)OCO3)cc1. The average Bonchev–Trinajstić information content (AvgIpc) is 3.08. The predicted octanol–water partition coefficient (Wildman–Crippen LogP) is 4.75. The standard InChI is InChI=1S/C20H24O4/c1-4-5-10-22-16-8-6-15(7-9-16)14(2)17-11-19-20(24-13-23-19)12-18(17)21-3/h6-9,11-12,14H,4-5,10,13H2,1-3H3/t14-/m1/s1. The van der Waals surface area contributed by atoms with E-state index in [2.05, 4.69) is 26.0 Å². The van der Waals surface area contributed by atoms with Gasteiger partial charge in [-0.3, -0.25) is 0 Å². The van der Waals surface area contributed by atoms with Crippen LogP contribution in [0, 0.1) is 0 Å². The minimum absolute atomic E-state index is 0.180. The molecule has 0 aromatic heterocycles. The quantitative estimate of drug-likeness (QED) is 0.687. The summed E-state index contributed by atoms with van der Waals surface area (Å²) in [5.74, 6) is 3.42. The van der Waals surface area contributed by atoms with E-state index in [1.54, 1.807) is 7.11 Å². The molecule has 24 heavy (non-hydrogen) atoms. The molecule has 1 aliphatic heterocycles. The number of unbranched alkanes of at least 4 members (excludes halogenated alkanes) is 1. The Kier molecular flexibility index (Phi) is 5.14. The third kappa shape index (κ3) is 3.42. The molecule has 0 amide bonds. The van der Waals surface area contributed by atoms with Gasteiger partial charge < -0.3 is 18.9 Å². The lowest BCUT2D eigenvalue weighted by molar-refractivity contribution is 0.174. The van der Waals surface area contributed by atoms with Crippen molar-refractivity contribution in [2.45, 2.75) is 32.6 Å². The van der Waals surface area contributed by atoms with Crippen molar-refractivity contribution in [3.63, 3.8) is 0 Å². The molecule has 4 heteroatoms. The first-order chi connectivity index (χ1) is 11.7. The van der Waals surface area contributed by atoms with E-state index in [0.29, 0.717) is 0 Å². The summed E-state index contributed by atoms with van der Waals surface area (Å²) in [6.45, 7) is 5.35. The van der Waals surface area contributed by atoms with Crippen LogP contribution in [0.15, 0.2) is 36.4 Å². The van der Waals surface area contributed by atoms with E-state index in [1.165, 1.54) is 5.56 Å². The van der Waals surface area contributed by atoms with Crippen molar-refractivity contribution in [2.75, 3.05) is 20.5 Å². The highest BCUT2D eigenvalue weighted by Gasteiger charge is 2.21. The second kappa shape index (κ2) is 7.47. The summed E-state index contributed by atoms with van der Waals surface area (Å²) in [7, 11) is 1.68. The van der Waals surface area contributed by atoms with Crippen molar-refractivity contribution in [1.29, 1.82) is 0 Å². The lowest BCUT2D eigenvalue weighted by Crippen LogP contribution is -2.01. The zero-order valence-electron chi connectivity index (χ0n) is 14.5. The lowest BCUT2D eigenvalue weighted by atomic mass is 9.92. The number of benzene rings is 2. The van der Waals surface area contributed by atoms with Crippen LogP contribution >= 0.6 is 0 Å². The summed E-state index contributed by atoms with van der Waals surface area (Å²) in [4.78, 5) is 0. The molecular weight excluding hydrogens is 304 g/mol. The molecular formula is C20H24O4. The molecule has 0 spiro atoms. The monoisotopic (exact) mass is 328 g/mol. The maximum atomic E-state index is 5.73. The fourth-order valence-electron chi connectivity index (χ4n) is 2.82. The molecule has 2 aromatic rings. The molecule has 1 aliphatic rings. The molecule has 0 saturated carbocycles.